The zero-order chi connectivity index (χ0) is 23.7. The van der Waals surface area contributed by atoms with Gasteiger partial charge in [0.1, 0.15) is 0 Å². The number of hydrogen-bond acceptors (Lipinski definition) is 4. The van der Waals surface area contributed by atoms with Crippen LogP contribution in [-0.4, -0.2) is 11.7 Å². The fourth-order valence-corrected chi connectivity index (χ4v) is 6.00. The summed E-state index contributed by atoms with van der Waals surface area (Å²) in [5, 5.41) is 0. The lowest BCUT2D eigenvalue weighted by molar-refractivity contribution is -0.135. The molecule has 0 bridgehead atoms. The van der Waals surface area contributed by atoms with Gasteiger partial charge >= 0.3 is 5.97 Å². The van der Waals surface area contributed by atoms with E-state index >= 15 is 0 Å². The summed E-state index contributed by atoms with van der Waals surface area (Å²) < 4.78 is 10.9. The number of unbranched alkanes of at least 4 members (excludes halogenated alkanes) is 3. The average Bonchev–Trinajstić information content (AvgIpc) is 3.27. The van der Waals surface area contributed by atoms with Gasteiger partial charge in [-0.05, 0) is 84.9 Å². The standard InChI is InChI=1S/C29H38O3S/c1-5-9-10-11-13-22-21-26-25(29(7-3,8-4)18-19-33-26)20-23(22)14-15-24-16-17-28(31-24)32-27(30)12-6-2/h16-17,20-21H,5-13,18-19H2,1-4H3. The largest absolute Gasteiger partial charge is 0.417 e. The van der Waals surface area contributed by atoms with Gasteiger partial charge in [-0.15, -0.1) is 11.8 Å². The highest BCUT2D eigenvalue weighted by molar-refractivity contribution is 7.99. The van der Waals surface area contributed by atoms with E-state index in [2.05, 4.69) is 44.7 Å². The fraction of sp³-hybridized carbons (Fsp3) is 0.552. The van der Waals surface area contributed by atoms with Crippen molar-refractivity contribution in [1.29, 1.82) is 0 Å². The average molecular weight is 467 g/mol. The predicted octanol–water partition coefficient (Wildman–Crippen LogP) is 8.06. The van der Waals surface area contributed by atoms with Gasteiger partial charge in [0.2, 0.25) is 0 Å². The Balaban J connectivity index is 1.91. The zero-order valence-electron chi connectivity index (χ0n) is 20.7. The molecule has 178 valence electrons. The van der Waals surface area contributed by atoms with E-state index < -0.39 is 0 Å². The number of fused-ring (bicyclic) bond motifs is 1. The Morgan fingerprint density at radius 1 is 1.06 bits per heavy atom. The summed E-state index contributed by atoms with van der Waals surface area (Å²) in [6.07, 6.45) is 10.7. The number of benzene rings is 1. The number of rotatable bonds is 10. The van der Waals surface area contributed by atoms with Gasteiger partial charge in [0.05, 0.1) is 0 Å². The molecule has 0 N–H and O–H groups in total. The molecule has 0 aliphatic carbocycles. The summed E-state index contributed by atoms with van der Waals surface area (Å²) in [5.74, 6) is 8.25. The number of thioether (sulfide) groups is 1. The van der Waals surface area contributed by atoms with Crippen LogP contribution in [0.5, 0.6) is 5.95 Å². The summed E-state index contributed by atoms with van der Waals surface area (Å²) in [5.41, 5.74) is 4.18. The number of carbonyl (C=O) groups excluding carboxylic acids is 1. The summed E-state index contributed by atoms with van der Waals surface area (Å²) in [6, 6.07) is 8.22. The molecule has 2 aromatic rings. The highest BCUT2D eigenvalue weighted by Crippen LogP contribution is 2.47. The number of ether oxygens (including phenoxy) is 1. The molecule has 0 saturated carbocycles. The molecule has 0 amide bonds. The van der Waals surface area contributed by atoms with Crippen LogP contribution in [0.15, 0.2) is 33.6 Å². The van der Waals surface area contributed by atoms with E-state index in [0.717, 1.165) is 31.2 Å². The molecule has 1 aromatic heterocycles. The van der Waals surface area contributed by atoms with E-state index in [1.807, 2.05) is 18.7 Å². The van der Waals surface area contributed by atoms with Gasteiger partial charge in [0.15, 0.2) is 5.76 Å². The van der Waals surface area contributed by atoms with Crippen LogP contribution in [0.3, 0.4) is 0 Å². The zero-order valence-corrected chi connectivity index (χ0v) is 21.5. The summed E-state index contributed by atoms with van der Waals surface area (Å²) in [6.45, 7) is 8.83. The SMILES string of the molecule is CCCCCCc1cc2c(cc1C#Cc1ccc(OC(=O)CCC)o1)C(CC)(CC)CCS2. The van der Waals surface area contributed by atoms with Crippen molar-refractivity contribution in [3.05, 3.63) is 46.7 Å². The lowest BCUT2D eigenvalue weighted by Gasteiger charge is -2.38. The van der Waals surface area contributed by atoms with Gasteiger partial charge in [0.25, 0.3) is 5.95 Å². The second-order valence-corrected chi connectivity index (χ2v) is 10.1. The van der Waals surface area contributed by atoms with E-state index in [1.54, 1.807) is 12.1 Å². The first-order valence-corrected chi connectivity index (χ1v) is 13.7. The molecule has 0 saturated heterocycles. The minimum atomic E-state index is -0.275. The Morgan fingerprint density at radius 3 is 2.61 bits per heavy atom. The van der Waals surface area contributed by atoms with Crippen LogP contribution in [0.1, 0.15) is 108 Å². The molecule has 1 aromatic carbocycles. The van der Waals surface area contributed by atoms with Gasteiger partial charge < -0.3 is 9.15 Å². The van der Waals surface area contributed by atoms with Crippen molar-refractivity contribution in [2.75, 3.05) is 5.75 Å². The second-order valence-electron chi connectivity index (χ2n) is 8.99. The Hall–Kier alpha value is -2.12. The minimum absolute atomic E-state index is 0.218. The van der Waals surface area contributed by atoms with E-state index in [0.29, 0.717) is 12.2 Å². The molecule has 0 unspecified atom stereocenters. The Kier molecular flexibility index (Phi) is 9.56. The molecule has 1 aliphatic rings. The van der Waals surface area contributed by atoms with Crippen molar-refractivity contribution in [3.63, 3.8) is 0 Å². The van der Waals surface area contributed by atoms with Gasteiger partial charge in [-0.1, -0.05) is 52.9 Å². The van der Waals surface area contributed by atoms with Crippen LogP contribution >= 0.6 is 11.8 Å². The number of carbonyl (C=O) groups is 1. The Labute approximate surface area is 204 Å². The molecule has 0 atom stereocenters. The van der Waals surface area contributed by atoms with E-state index in [4.69, 9.17) is 9.15 Å². The van der Waals surface area contributed by atoms with Crippen LogP contribution in [0.2, 0.25) is 0 Å². The lowest BCUT2D eigenvalue weighted by Crippen LogP contribution is -2.29. The van der Waals surface area contributed by atoms with Crippen molar-refractivity contribution in [1.82, 2.24) is 0 Å². The molecule has 0 fully saturated rings. The molecular formula is C29H38O3S. The number of esters is 1. The van der Waals surface area contributed by atoms with Crippen molar-refractivity contribution < 1.29 is 13.9 Å². The van der Waals surface area contributed by atoms with E-state index in [-0.39, 0.29) is 17.3 Å². The summed E-state index contributed by atoms with van der Waals surface area (Å²) in [4.78, 5) is 13.2. The number of furan rings is 1. The van der Waals surface area contributed by atoms with Crippen LogP contribution < -0.4 is 4.74 Å². The Bertz CT molecular complexity index is 988. The summed E-state index contributed by atoms with van der Waals surface area (Å²) >= 11 is 2.00. The van der Waals surface area contributed by atoms with Crippen molar-refractivity contribution in [3.8, 4) is 17.8 Å². The van der Waals surface area contributed by atoms with E-state index in [1.165, 1.54) is 53.9 Å². The van der Waals surface area contributed by atoms with Crippen LogP contribution in [-0.2, 0) is 16.6 Å². The second kappa shape index (κ2) is 12.4. The van der Waals surface area contributed by atoms with Crippen LogP contribution in [0.25, 0.3) is 0 Å². The number of aryl methyl sites for hydroxylation is 1. The quantitative estimate of drug-likeness (QED) is 0.202. The lowest BCUT2D eigenvalue weighted by atomic mass is 9.72. The third-order valence-electron chi connectivity index (χ3n) is 6.84. The van der Waals surface area contributed by atoms with Crippen LogP contribution in [0, 0.1) is 11.8 Å². The normalized spacial score (nSPS) is 14.3. The fourth-order valence-electron chi connectivity index (χ4n) is 4.64. The molecule has 0 spiro atoms. The van der Waals surface area contributed by atoms with Gasteiger partial charge in [-0.3, -0.25) is 4.79 Å². The molecule has 2 heterocycles. The molecule has 33 heavy (non-hydrogen) atoms. The van der Waals surface area contributed by atoms with Gasteiger partial charge in [-0.25, -0.2) is 0 Å². The maximum Gasteiger partial charge on any atom is 0.313 e. The smallest absolute Gasteiger partial charge is 0.313 e. The monoisotopic (exact) mass is 466 g/mol. The molecular weight excluding hydrogens is 428 g/mol. The third-order valence-corrected chi connectivity index (χ3v) is 7.90. The van der Waals surface area contributed by atoms with Crippen molar-refractivity contribution in [2.45, 2.75) is 102 Å². The van der Waals surface area contributed by atoms with Crippen LogP contribution in [0.4, 0.5) is 0 Å². The highest BCUT2D eigenvalue weighted by Gasteiger charge is 2.34. The third kappa shape index (κ3) is 6.48. The molecule has 0 radical (unpaired) electrons. The maximum atomic E-state index is 11.7. The molecule has 3 rings (SSSR count). The first kappa shape index (κ1) is 25.5. The minimum Gasteiger partial charge on any atom is -0.417 e. The highest BCUT2D eigenvalue weighted by atomic mass is 32.2. The maximum absolute atomic E-state index is 11.7. The van der Waals surface area contributed by atoms with Crippen molar-refractivity contribution >= 4 is 17.7 Å². The number of hydrogen-bond donors (Lipinski definition) is 0. The molecule has 3 nitrogen and oxygen atoms in total. The topological polar surface area (TPSA) is 39.4 Å². The van der Waals surface area contributed by atoms with E-state index in [9.17, 15) is 4.79 Å². The first-order chi connectivity index (χ1) is 16.0. The van der Waals surface area contributed by atoms with Gasteiger partial charge in [0, 0.05) is 22.9 Å². The molecule has 4 heteroatoms. The first-order valence-electron chi connectivity index (χ1n) is 12.7. The summed E-state index contributed by atoms with van der Waals surface area (Å²) in [7, 11) is 0. The Morgan fingerprint density at radius 2 is 1.88 bits per heavy atom. The predicted molar refractivity (Wildman–Crippen MR) is 137 cm³/mol. The van der Waals surface area contributed by atoms with Crippen molar-refractivity contribution in [2.24, 2.45) is 0 Å². The van der Waals surface area contributed by atoms with Gasteiger partial charge in [-0.2, -0.15) is 0 Å². The molecule has 1 aliphatic heterocycles.